The highest BCUT2D eigenvalue weighted by Crippen LogP contribution is 2.37. The van der Waals surface area contributed by atoms with E-state index in [4.69, 9.17) is 26.0 Å². The molecule has 168 valence electrons. The van der Waals surface area contributed by atoms with Crippen molar-refractivity contribution >= 4 is 76.6 Å². The maximum absolute atomic E-state index is 6.65. The fourth-order valence-electron chi connectivity index (χ4n) is 4.82. The summed E-state index contributed by atoms with van der Waals surface area (Å²) in [6.45, 7) is 2.02. The van der Waals surface area contributed by atoms with Gasteiger partial charge in [-0.1, -0.05) is 66.2 Å². The fraction of sp³-hybridized carbons (Fsp3) is 0.0667. The first-order valence-electron chi connectivity index (χ1n) is 11.5. The number of rotatable bonds is 2. The van der Waals surface area contributed by atoms with E-state index in [9.17, 15) is 0 Å². The van der Waals surface area contributed by atoms with Crippen LogP contribution in [0.3, 0.4) is 0 Å². The Balaban J connectivity index is 1.42. The first-order valence-corrected chi connectivity index (χ1v) is 12.7. The molecular formula is C30H19ClN2OS. The molecule has 5 heteroatoms. The van der Waals surface area contributed by atoms with Crippen molar-refractivity contribution < 1.29 is 4.42 Å². The van der Waals surface area contributed by atoms with Gasteiger partial charge in [0.15, 0.2) is 5.84 Å². The van der Waals surface area contributed by atoms with Crippen molar-refractivity contribution in [3.63, 3.8) is 0 Å². The van der Waals surface area contributed by atoms with Gasteiger partial charge < -0.3 is 4.42 Å². The number of hydrogen-bond acceptors (Lipinski definition) is 4. The molecule has 0 saturated heterocycles. The molecule has 0 fully saturated rings. The summed E-state index contributed by atoms with van der Waals surface area (Å²) in [7, 11) is 0. The zero-order valence-electron chi connectivity index (χ0n) is 18.9. The smallest absolute Gasteiger partial charge is 0.162 e. The van der Waals surface area contributed by atoms with Crippen LogP contribution >= 0.6 is 22.9 Å². The van der Waals surface area contributed by atoms with Gasteiger partial charge in [0.05, 0.1) is 5.71 Å². The maximum Gasteiger partial charge on any atom is 0.162 e. The summed E-state index contributed by atoms with van der Waals surface area (Å²) in [6, 6.07) is 29.3. The second kappa shape index (κ2) is 7.91. The predicted octanol–water partition coefficient (Wildman–Crippen LogP) is 9.06. The van der Waals surface area contributed by atoms with Gasteiger partial charge in [0.25, 0.3) is 0 Å². The van der Waals surface area contributed by atoms with E-state index < -0.39 is 0 Å². The highest BCUT2D eigenvalue weighted by molar-refractivity contribution is 7.26. The minimum Gasteiger partial charge on any atom is -0.456 e. The van der Waals surface area contributed by atoms with Gasteiger partial charge in [0.1, 0.15) is 16.3 Å². The number of nitrogens with zero attached hydrogens (tertiary/aromatic N) is 2. The summed E-state index contributed by atoms with van der Waals surface area (Å²) in [5, 5.41) is 5.19. The Morgan fingerprint density at radius 3 is 2.46 bits per heavy atom. The molecule has 0 radical (unpaired) electrons. The molecule has 1 aliphatic heterocycles. The van der Waals surface area contributed by atoms with Gasteiger partial charge in [-0.3, -0.25) is 0 Å². The Morgan fingerprint density at radius 1 is 0.771 bits per heavy atom. The second-order valence-electron chi connectivity index (χ2n) is 8.83. The standard InChI is InChI=1S/C30H19ClN2OS/c1-17-15-24(18-13-14-20-19-7-2-4-11-25(19)34-26(20)16-18)32-30(33-29(17)31)23-10-6-9-22-21-8-3-5-12-27(21)35-28(22)23/h2-14,16H,15H2,1H3. The molecule has 7 rings (SSSR count). The molecule has 3 nitrogen and oxygen atoms in total. The Bertz CT molecular complexity index is 1900. The van der Waals surface area contributed by atoms with Crippen molar-refractivity contribution in [1.82, 2.24) is 0 Å². The molecule has 0 unspecified atom stereocenters. The van der Waals surface area contributed by atoms with Gasteiger partial charge in [-0.05, 0) is 42.8 Å². The summed E-state index contributed by atoms with van der Waals surface area (Å²) in [5.41, 5.74) is 5.68. The number of halogens is 1. The first-order chi connectivity index (χ1) is 17.2. The molecule has 0 aliphatic carbocycles. The Morgan fingerprint density at radius 2 is 1.54 bits per heavy atom. The molecule has 0 N–H and O–H groups in total. The Hall–Kier alpha value is -3.73. The van der Waals surface area contributed by atoms with E-state index >= 15 is 0 Å². The van der Waals surface area contributed by atoms with E-state index in [-0.39, 0.29) is 0 Å². The van der Waals surface area contributed by atoms with Crippen LogP contribution < -0.4 is 0 Å². The first kappa shape index (κ1) is 20.6. The summed E-state index contributed by atoms with van der Waals surface area (Å²) in [5.74, 6) is 0.642. The van der Waals surface area contributed by atoms with Gasteiger partial charge in [-0.2, -0.15) is 0 Å². The number of amidine groups is 1. The lowest BCUT2D eigenvalue weighted by Gasteiger charge is -2.07. The number of allylic oxidation sites excluding steroid dienone is 1. The third kappa shape index (κ3) is 3.33. The molecule has 6 aromatic rings. The van der Waals surface area contributed by atoms with Crippen molar-refractivity contribution in [3.05, 3.63) is 107 Å². The lowest BCUT2D eigenvalue weighted by atomic mass is 10.0. The van der Waals surface area contributed by atoms with Crippen molar-refractivity contribution in [2.75, 3.05) is 0 Å². The summed E-state index contributed by atoms with van der Waals surface area (Å²) >= 11 is 8.42. The van der Waals surface area contributed by atoms with Crippen molar-refractivity contribution in [2.45, 2.75) is 13.3 Å². The van der Waals surface area contributed by atoms with Crippen LogP contribution in [0.4, 0.5) is 0 Å². The molecule has 0 spiro atoms. The largest absolute Gasteiger partial charge is 0.456 e. The van der Waals surface area contributed by atoms with E-state index in [1.54, 1.807) is 11.3 Å². The minimum absolute atomic E-state index is 0.502. The molecule has 0 atom stereocenters. The van der Waals surface area contributed by atoms with Gasteiger partial charge in [0.2, 0.25) is 0 Å². The zero-order valence-corrected chi connectivity index (χ0v) is 20.5. The van der Waals surface area contributed by atoms with Crippen molar-refractivity contribution in [2.24, 2.45) is 9.98 Å². The number of thiophene rings is 1. The fourth-order valence-corrected chi connectivity index (χ4v) is 6.18. The number of fused-ring (bicyclic) bond motifs is 6. The molecule has 3 heterocycles. The number of hydrogen-bond donors (Lipinski definition) is 0. The SMILES string of the molecule is CC1=C(Cl)N=C(c2cccc3c2sc2ccccc23)N=C(c2ccc3c(c2)oc2ccccc23)C1. The topological polar surface area (TPSA) is 37.9 Å². The average Bonchev–Trinajstić information content (AvgIpc) is 3.40. The van der Waals surface area contributed by atoms with Crippen LogP contribution in [0.1, 0.15) is 24.5 Å². The maximum atomic E-state index is 6.65. The van der Waals surface area contributed by atoms with E-state index in [0.717, 1.165) is 44.4 Å². The van der Waals surface area contributed by atoms with E-state index in [0.29, 0.717) is 17.4 Å². The summed E-state index contributed by atoms with van der Waals surface area (Å²) in [6.07, 6.45) is 0.625. The summed E-state index contributed by atoms with van der Waals surface area (Å²) < 4.78 is 8.57. The number of benzene rings is 4. The molecule has 0 saturated carbocycles. The number of aliphatic imine (C=N–C) groups is 2. The van der Waals surface area contributed by atoms with Crippen LogP contribution in [0, 0.1) is 0 Å². The third-order valence-corrected chi connectivity index (χ3v) is 8.21. The average molecular weight is 491 g/mol. The predicted molar refractivity (Wildman–Crippen MR) is 149 cm³/mol. The molecule has 35 heavy (non-hydrogen) atoms. The van der Waals surface area contributed by atoms with Gasteiger partial charge >= 0.3 is 0 Å². The van der Waals surface area contributed by atoms with Gasteiger partial charge in [-0.15, -0.1) is 11.3 Å². The van der Waals surface area contributed by atoms with E-state index in [1.165, 1.54) is 20.2 Å². The Labute approximate surface area is 210 Å². The molecule has 1 aliphatic rings. The van der Waals surface area contributed by atoms with Crippen LogP contribution in [0.25, 0.3) is 42.1 Å². The van der Waals surface area contributed by atoms with Crippen LogP contribution in [0.5, 0.6) is 0 Å². The van der Waals surface area contributed by atoms with Crippen LogP contribution in [-0.2, 0) is 0 Å². The molecular weight excluding hydrogens is 472 g/mol. The van der Waals surface area contributed by atoms with Crippen molar-refractivity contribution in [3.8, 4) is 0 Å². The lowest BCUT2D eigenvalue weighted by Crippen LogP contribution is -2.06. The molecule has 4 aromatic carbocycles. The summed E-state index contributed by atoms with van der Waals surface area (Å²) in [4.78, 5) is 9.88. The quantitative estimate of drug-likeness (QED) is 0.223. The van der Waals surface area contributed by atoms with Gasteiger partial charge in [0, 0.05) is 48.5 Å². The van der Waals surface area contributed by atoms with Crippen LogP contribution in [0.15, 0.2) is 110 Å². The van der Waals surface area contributed by atoms with Gasteiger partial charge in [-0.25, -0.2) is 9.98 Å². The monoisotopic (exact) mass is 490 g/mol. The number of furan rings is 1. The van der Waals surface area contributed by atoms with E-state index in [2.05, 4.69) is 66.7 Å². The zero-order chi connectivity index (χ0) is 23.5. The molecule has 0 amide bonds. The molecule has 2 aromatic heterocycles. The Kier molecular flexibility index (Phi) is 4.66. The lowest BCUT2D eigenvalue weighted by molar-refractivity contribution is 0.669. The van der Waals surface area contributed by atoms with Crippen molar-refractivity contribution in [1.29, 1.82) is 0 Å². The third-order valence-electron chi connectivity index (χ3n) is 6.59. The van der Waals surface area contributed by atoms with Crippen LogP contribution in [-0.4, -0.2) is 11.5 Å². The normalized spacial score (nSPS) is 14.7. The van der Waals surface area contributed by atoms with Crippen LogP contribution in [0.2, 0.25) is 0 Å². The second-order valence-corrected chi connectivity index (χ2v) is 10.2. The highest BCUT2D eigenvalue weighted by Gasteiger charge is 2.19. The molecule has 0 bridgehead atoms. The van der Waals surface area contributed by atoms with E-state index in [1.807, 2.05) is 25.1 Å². The number of para-hydroxylation sites is 1. The minimum atomic E-state index is 0.502. The highest BCUT2D eigenvalue weighted by atomic mass is 35.5.